The van der Waals surface area contributed by atoms with Crippen molar-refractivity contribution in [2.75, 3.05) is 0 Å². The van der Waals surface area contributed by atoms with Gasteiger partial charge in [0.25, 0.3) is 5.69 Å². The molecule has 0 spiro atoms. The smallest absolute Gasteiger partial charge is 0.343 e. The average Bonchev–Trinajstić information content (AvgIpc) is 2.26. The lowest BCUT2D eigenvalue weighted by Gasteiger charge is -2.06. The molecule has 18 heavy (non-hydrogen) atoms. The number of carboxylic acid groups (broad SMARTS) is 3. The largest absolute Gasteiger partial charge is 0.478 e. The van der Waals surface area contributed by atoms with Gasteiger partial charge in [-0.05, 0) is 6.07 Å². The Morgan fingerprint density at radius 1 is 0.944 bits per heavy atom. The van der Waals surface area contributed by atoms with Crippen LogP contribution in [0.3, 0.4) is 0 Å². The van der Waals surface area contributed by atoms with Crippen LogP contribution in [0.1, 0.15) is 31.1 Å². The van der Waals surface area contributed by atoms with Crippen LogP contribution in [0.2, 0.25) is 0 Å². The highest BCUT2D eigenvalue weighted by Gasteiger charge is 2.31. The van der Waals surface area contributed by atoms with Gasteiger partial charge in [-0.2, -0.15) is 0 Å². The number of nitrogens with zero attached hydrogens (tertiary/aromatic N) is 1. The van der Waals surface area contributed by atoms with Crippen molar-refractivity contribution in [2.24, 2.45) is 0 Å². The Morgan fingerprint density at radius 2 is 1.44 bits per heavy atom. The Hall–Kier alpha value is -2.97. The van der Waals surface area contributed by atoms with Crippen LogP contribution in [0.15, 0.2) is 12.1 Å². The van der Waals surface area contributed by atoms with Crippen molar-refractivity contribution in [3.05, 3.63) is 38.9 Å². The molecule has 0 radical (unpaired) electrons. The summed E-state index contributed by atoms with van der Waals surface area (Å²) in [6, 6.07) is 1.32. The van der Waals surface area contributed by atoms with E-state index in [0.29, 0.717) is 12.1 Å². The molecule has 0 heterocycles. The number of hydrogen-bond donors (Lipinski definition) is 3. The molecule has 1 aromatic rings. The normalized spacial score (nSPS) is 9.78. The van der Waals surface area contributed by atoms with Gasteiger partial charge in [0.15, 0.2) is 5.56 Å². The van der Waals surface area contributed by atoms with Gasteiger partial charge in [-0.1, -0.05) is 0 Å². The van der Waals surface area contributed by atoms with Gasteiger partial charge < -0.3 is 15.3 Å². The van der Waals surface area contributed by atoms with Gasteiger partial charge in [0, 0.05) is 6.07 Å². The van der Waals surface area contributed by atoms with Crippen LogP contribution in [-0.4, -0.2) is 38.2 Å². The fourth-order valence-corrected chi connectivity index (χ4v) is 1.36. The molecule has 0 amide bonds. The molecule has 1 aromatic carbocycles. The Kier molecular flexibility index (Phi) is 3.27. The molecule has 3 N–H and O–H groups in total. The monoisotopic (exact) mass is 255 g/mol. The minimum Gasteiger partial charge on any atom is -0.478 e. The van der Waals surface area contributed by atoms with Crippen molar-refractivity contribution < 1.29 is 34.6 Å². The molecule has 9 heteroatoms. The van der Waals surface area contributed by atoms with Gasteiger partial charge in [-0.25, -0.2) is 14.4 Å². The zero-order valence-corrected chi connectivity index (χ0v) is 8.48. The van der Waals surface area contributed by atoms with E-state index < -0.39 is 45.2 Å². The van der Waals surface area contributed by atoms with Gasteiger partial charge in [0.1, 0.15) is 0 Å². The van der Waals surface area contributed by atoms with Crippen LogP contribution >= 0.6 is 0 Å². The maximum absolute atomic E-state index is 10.9. The summed E-state index contributed by atoms with van der Waals surface area (Å²) in [5, 5.41) is 36.9. The van der Waals surface area contributed by atoms with Gasteiger partial charge in [0.2, 0.25) is 0 Å². The Balaban J connectivity index is 3.82. The lowest BCUT2D eigenvalue weighted by atomic mass is 9.99. The summed E-state index contributed by atoms with van der Waals surface area (Å²) >= 11 is 0. The molecule has 0 unspecified atom stereocenters. The molecular weight excluding hydrogens is 250 g/mol. The van der Waals surface area contributed by atoms with Crippen LogP contribution < -0.4 is 0 Å². The van der Waals surface area contributed by atoms with Gasteiger partial charge in [-0.15, -0.1) is 0 Å². The number of aromatic carboxylic acids is 3. The number of nitro benzene ring substituents is 1. The van der Waals surface area contributed by atoms with Crippen LogP contribution in [0.4, 0.5) is 5.69 Å². The molecule has 9 nitrogen and oxygen atoms in total. The van der Waals surface area contributed by atoms with Crippen molar-refractivity contribution in [1.29, 1.82) is 0 Å². The van der Waals surface area contributed by atoms with E-state index in [2.05, 4.69) is 0 Å². The zero-order chi connectivity index (χ0) is 14.0. The minimum absolute atomic E-state index is 0.638. The van der Waals surface area contributed by atoms with E-state index in [0.717, 1.165) is 0 Å². The van der Waals surface area contributed by atoms with Crippen molar-refractivity contribution in [2.45, 2.75) is 0 Å². The molecule has 0 saturated heterocycles. The molecule has 0 atom stereocenters. The predicted octanol–water partition coefficient (Wildman–Crippen LogP) is 0.689. The molecule has 1 rings (SSSR count). The van der Waals surface area contributed by atoms with Crippen LogP contribution in [0.5, 0.6) is 0 Å². The summed E-state index contributed by atoms with van der Waals surface area (Å²) in [6.07, 6.45) is 0. The molecule has 0 bridgehead atoms. The number of carbonyl (C=O) groups is 3. The summed E-state index contributed by atoms with van der Waals surface area (Å²) in [5.41, 5.74) is -4.09. The highest BCUT2D eigenvalue weighted by Crippen LogP contribution is 2.26. The second-order valence-corrected chi connectivity index (χ2v) is 3.05. The molecule has 94 valence electrons. The van der Waals surface area contributed by atoms with E-state index in [1.165, 1.54) is 0 Å². The quantitative estimate of drug-likeness (QED) is 0.524. The van der Waals surface area contributed by atoms with E-state index >= 15 is 0 Å². The Labute approximate surface area is 98.0 Å². The van der Waals surface area contributed by atoms with E-state index in [9.17, 15) is 24.5 Å². The van der Waals surface area contributed by atoms with Crippen molar-refractivity contribution in [3.63, 3.8) is 0 Å². The summed E-state index contributed by atoms with van der Waals surface area (Å²) in [7, 11) is 0. The third-order valence-electron chi connectivity index (χ3n) is 2.04. The summed E-state index contributed by atoms with van der Waals surface area (Å²) in [4.78, 5) is 42.0. The van der Waals surface area contributed by atoms with Crippen molar-refractivity contribution >= 4 is 23.6 Å². The highest BCUT2D eigenvalue weighted by molar-refractivity contribution is 6.11. The summed E-state index contributed by atoms with van der Waals surface area (Å²) < 4.78 is 0. The predicted molar refractivity (Wildman–Crippen MR) is 54.0 cm³/mol. The first-order valence-corrected chi connectivity index (χ1v) is 4.28. The number of hydrogen-bond acceptors (Lipinski definition) is 5. The van der Waals surface area contributed by atoms with E-state index in [-0.39, 0.29) is 0 Å². The third kappa shape index (κ3) is 2.09. The molecular formula is C9H5NO8. The van der Waals surface area contributed by atoms with Gasteiger partial charge in [0.05, 0.1) is 16.1 Å². The Morgan fingerprint density at radius 3 is 1.78 bits per heavy atom. The summed E-state index contributed by atoms with van der Waals surface area (Å²) in [5.74, 6) is -5.44. The Bertz CT molecular complexity index is 525. The standard InChI is InChI=1S/C9H5NO8/c11-7(12)3-1-2-4(10(17)18)6(9(15)16)5(3)8(13)14/h1-2H,(H,11,12)(H,13,14)(H,15,16). The fraction of sp³-hybridized carbons (Fsp3) is 0. The van der Waals surface area contributed by atoms with E-state index in [4.69, 9.17) is 15.3 Å². The zero-order valence-electron chi connectivity index (χ0n) is 8.48. The number of benzene rings is 1. The van der Waals surface area contributed by atoms with Crippen LogP contribution in [0.25, 0.3) is 0 Å². The second kappa shape index (κ2) is 4.49. The maximum atomic E-state index is 10.9. The topological polar surface area (TPSA) is 155 Å². The van der Waals surface area contributed by atoms with Crippen molar-refractivity contribution in [1.82, 2.24) is 0 Å². The van der Waals surface area contributed by atoms with Gasteiger partial charge >= 0.3 is 17.9 Å². The first-order valence-electron chi connectivity index (χ1n) is 4.28. The van der Waals surface area contributed by atoms with Crippen LogP contribution in [0, 0.1) is 10.1 Å². The third-order valence-corrected chi connectivity index (χ3v) is 2.04. The van der Waals surface area contributed by atoms with Gasteiger partial charge in [-0.3, -0.25) is 10.1 Å². The first kappa shape index (κ1) is 13.1. The fourth-order valence-electron chi connectivity index (χ4n) is 1.36. The second-order valence-electron chi connectivity index (χ2n) is 3.05. The minimum atomic E-state index is -1.89. The molecule has 0 aromatic heterocycles. The number of nitro groups is 1. The number of carboxylic acids is 3. The first-order chi connectivity index (χ1) is 8.27. The molecule has 0 fully saturated rings. The van der Waals surface area contributed by atoms with Crippen LogP contribution in [-0.2, 0) is 0 Å². The highest BCUT2D eigenvalue weighted by atomic mass is 16.6. The maximum Gasteiger partial charge on any atom is 0.343 e. The lowest BCUT2D eigenvalue weighted by Crippen LogP contribution is -2.16. The lowest BCUT2D eigenvalue weighted by molar-refractivity contribution is -0.385. The molecule has 0 saturated carbocycles. The van der Waals surface area contributed by atoms with Crippen molar-refractivity contribution in [3.8, 4) is 0 Å². The average molecular weight is 255 g/mol. The number of rotatable bonds is 4. The van der Waals surface area contributed by atoms with E-state index in [1.54, 1.807) is 0 Å². The molecule has 0 aliphatic heterocycles. The molecule has 0 aliphatic rings. The summed E-state index contributed by atoms with van der Waals surface area (Å²) in [6.45, 7) is 0. The SMILES string of the molecule is O=C(O)c1ccc([N+](=O)[O-])c(C(=O)O)c1C(=O)O. The van der Waals surface area contributed by atoms with E-state index in [1.807, 2.05) is 0 Å². The molecule has 0 aliphatic carbocycles.